The van der Waals surface area contributed by atoms with E-state index < -0.39 is 5.92 Å². The maximum Gasteiger partial charge on any atom is 0.261 e. The summed E-state index contributed by atoms with van der Waals surface area (Å²) < 4.78 is 33.8. The smallest absolute Gasteiger partial charge is 0.261 e. The number of carbonyl (C=O) groups excluding carboxylic acids is 2. The number of alkyl halides is 2. The van der Waals surface area contributed by atoms with Crippen molar-refractivity contribution >= 4 is 28.5 Å². The number of halogens is 2. The molecule has 2 heterocycles. The number of hydrogen-bond donors (Lipinski definition) is 1. The lowest BCUT2D eigenvalue weighted by molar-refractivity contribution is -0.114. The van der Waals surface area contributed by atoms with Gasteiger partial charge < -0.3 is 9.84 Å². The number of carbonyl (C=O) groups is 2. The summed E-state index contributed by atoms with van der Waals surface area (Å²) >= 11 is 1.16. The van der Waals surface area contributed by atoms with Crippen LogP contribution in [0.15, 0.2) is 15.7 Å². The maximum absolute atomic E-state index is 14.1. The van der Waals surface area contributed by atoms with Crippen LogP contribution in [0, 0.1) is 11.8 Å². The molecular weight excluding hydrogens is 436 g/mol. The molecule has 0 aliphatic heterocycles. The van der Waals surface area contributed by atoms with E-state index in [1.807, 2.05) is 0 Å². The van der Waals surface area contributed by atoms with Crippen LogP contribution in [0.3, 0.4) is 0 Å². The highest BCUT2D eigenvalue weighted by Crippen LogP contribution is 2.49. The lowest BCUT2D eigenvalue weighted by Gasteiger charge is -2.37. The Balaban J connectivity index is 1.40. The van der Waals surface area contributed by atoms with Gasteiger partial charge in [-0.3, -0.25) is 9.59 Å². The van der Waals surface area contributed by atoms with Crippen LogP contribution in [0.1, 0.15) is 67.1 Å². The molecule has 0 spiro atoms. The molecule has 168 valence electrons. The zero-order valence-corrected chi connectivity index (χ0v) is 18.3. The zero-order chi connectivity index (χ0) is 22.0. The van der Waals surface area contributed by atoms with Crippen molar-refractivity contribution in [2.75, 3.05) is 5.32 Å². The molecule has 2 saturated carbocycles. The molecule has 0 radical (unpaired) electrons. The summed E-state index contributed by atoms with van der Waals surface area (Å²) in [6.07, 6.45) is 6.13. The van der Waals surface area contributed by atoms with Gasteiger partial charge in [0.2, 0.25) is 0 Å². The Kier molecular flexibility index (Phi) is 4.61. The van der Waals surface area contributed by atoms with E-state index in [4.69, 9.17) is 4.52 Å². The van der Waals surface area contributed by atoms with Crippen LogP contribution in [0.25, 0.3) is 11.5 Å². The van der Waals surface area contributed by atoms with Gasteiger partial charge in [-0.05, 0) is 62.3 Å². The molecule has 2 bridgehead atoms. The number of amides is 1. The van der Waals surface area contributed by atoms with Gasteiger partial charge in [0.1, 0.15) is 11.3 Å². The van der Waals surface area contributed by atoms with Crippen LogP contribution in [0.5, 0.6) is 0 Å². The van der Waals surface area contributed by atoms with E-state index >= 15 is 0 Å². The Morgan fingerprint density at radius 3 is 2.56 bits per heavy atom. The number of rotatable bonds is 5. The van der Waals surface area contributed by atoms with Crippen LogP contribution in [0.2, 0.25) is 0 Å². The summed E-state index contributed by atoms with van der Waals surface area (Å²) in [5, 5.41) is 7.50. The van der Waals surface area contributed by atoms with Crippen molar-refractivity contribution in [1.29, 1.82) is 0 Å². The van der Waals surface area contributed by atoms with Gasteiger partial charge in [-0.2, -0.15) is 4.98 Å². The molecule has 2 aromatic heterocycles. The fraction of sp³-hybridized carbons (Fsp3) is 0.565. The first kappa shape index (κ1) is 20.2. The van der Waals surface area contributed by atoms with Crippen LogP contribution >= 0.6 is 11.3 Å². The van der Waals surface area contributed by atoms with Crippen molar-refractivity contribution < 1.29 is 22.9 Å². The fourth-order valence-corrected chi connectivity index (χ4v) is 6.82. The molecule has 1 N–H and O–H groups in total. The monoisotopic (exact) mass is 459 g/mol. The van der Waals surface area contributed by atoms with Gasteiger partial charge >= 0.3 is 0 Å². The summed E-state index contributed by atoms with van der Waals surface area (Å²) in [5.41, 5.74) is 2.50. The van der Waals surface area contributed by atoms with E-state index in [9.17, 15) is 18.4 Å². The number of anilines is 1. The van der Waals surface area contributed by atoms with Gasteiger partial charge in [-0.15, -0.1) is 11.3 Å². The Bertz CT molecular complexity index is 1140. The second-order valence-corrected chi connectivity index (χ2v) is 10.6. The molecule has 0 atom stereocenters. The van der Waals surface area contributed by atoms with E-state index in [0.717, 1.165) is 61.7 Å². The quantitative estimate of drug-likeness (QED) is 0.632. The van der Waals surface area contributed by atoms with Crippen LogP contribution < -0.4 is 5.32 Å². The van der Waals surface area contributed by atoms with Crippen molar-refractivity contribution in [3.8, 4) is 11.5 Å². The molecule has 1 amide bonds. The minimum Gasteiger partial charge on any atom is -0.334 e. The SMILES string of the molecule is O=CC1=C(C(=O)Nc2sc3c(c2-c2nc(C4CC4)no2)CCC(F)(F)C3)C2CCC1CC2. The predicted molar refractivity (Wildman–Crippen MR) is 114 cm³/mol. The highest BCUT2D eigenvalue weighted by molar-refractivity contribution is 7.17. The fourth-order valence-electron chi connectivity index (χ4n) is 5.50. The molecule has 9 heteroatoms. The van der Waals surface area contributed by atoms with E-state index in [-0.39, 0.29) is 42.9 Å². The summed E-state index contributed by atoms with van der Waals surface area (Å²) in [6.45, 7) is 0. The molecule has 0 saturated heterocycles. The van der Waals surface area contributed by atoms with Gasteiger partial charge in [-0.25, -0.2) is 8.78 Å². The zero-order valence-electron chi connectivity index (χ0n) is 17.5. The Labute approximate surface area is 187 Å². The molecule has 7 rings (SSSR count). The first-order valence-corrected chi connectivity index (χ1v) is 12.1. The predicted octanol–water partition coefficient (Wildman–Crippen LogP) is 5.05. The molecule has 6 nitrogen and oxygen atoms in total. The molecule has 5 aliphatic rings. The van der Waals surface area contributed by atoms with Crippen molar-refractivity contribution in [3.63, 3.8) is 0 Å². The van der Waals surface area contributed by atoms with Crippen molar-refractivity contribution in [2.45, 2.75) is 69.6 Å². The normalized spacial score (nSPS) is 26.2. The second kappa shape index (κ2) is 7.30. The molecular formula is C23H23F2N3O3S. The largest absolute Gasteiger partial charge is 0.334 e. The number of aromatic nitrogens is 2. The molecule has 2 fully saturated rings. The standard InChI is InChI=1S/C23H23F2N3O3S/c24-23(25)8-7-14-16(9-23)32-22(18(14)21-26-19(28-31-21)13-5-6-13)27-20(30)17-12-3-1-11(2-4-12)15(17)10-29/h10-13H,1-9H2,(H,27,30). The Morgan fingerprint density at radius 1 is 1.12 bits per heavy atom. The van der Waals surface area contributed by atoms with Crippen molar-refractivity contribution in [3.05, 3.63) is 27.4 Å². The summed E-state index contributed by atoms with van der Waals surface area (Å²) in [4.78, 5) is 30.2. The van der Waals surface area contributed by atoms with Crippen LogP contribution in [-0.2, 0) is 22.4 Å². The molecule has 0 aromatic carbocycles. The lowest BCUT2D eigenvalue weighted by atomic mass is 9.67. The molecule has 5 aliphatic carbocycles. The maximum atomic E-state index is 14.1. The highest BCUT2D eigenvalue weighted by Gasteiger charge is 2.41. The van der Waals surface area contributed by atoms with Crippen molar-refractivity contribution in [1.82, 2.24) is 10.1 Å². The van der Waals surface area contributed by atoms with Crippen LogP contribution in [-0.4, -0.2) is 28.3 Å². The summed E-state index contributed by atoms with van der Waals surface area (Å²) in [6, 6.07) is 0. The number of nitrogens with zero attached hydrogens (tertiary/aromatic N) is 2. The Morgan fingerprint density at radius 2 is 1.84 bits per heavy atom. The number of aldehydes is 1. The third kappa shape index (κ3) is 3.32. The van der Waals surface area contributed by atoms with E-state index in [0.29, 0.717) is 38.3 Å². The first-order valence-electron chi connectivity index (χ1n) is 11.3. The minimum atomic E-state index is -2.76. The number of nitrogens with one attached hydrogen (secondary N) is 1. The average molecular weight is 460 g/mol. The van der Waals surface area contributed by atoms with Gasteiger partial charge in [0.25, 0.3) is 17.7 Å². The lowest BCUT2D eigenvalue weighted by Crippen LogP contribution is -2.33. The average Bonchev–Trinajstić information content (AvgIpc) is 3.42. The second-order valence-electron chi connectivity index (χ2n) is 9.46. The summed E-state index contributed by atoms with van der Waals surface area (Å²) in [7, 11) is 0. The number of thiophene rings is 1. The van der Waals surface area contributed by atoms with E-state index in [1.54, 1.807) is 0 Å². The van der Waals surface area contributed by atoms with Gasteiger partial charge in [0.15, 0.2) is 5.82 Å². The van der Waals surface area contributed by atoms with Gasteiger partial charge in [0, 0.05) is 34.8 Å². The minimum absolute atomic E-state index is 0.0763. The van der Waals surface area contributed by atoms with Gasteiger partial charge in [0.05, 0.1) is 5.56 Å². The number of fused-ring (bicyclic) bond motifs is 3. The Hall–Kier alpha value is -2.42. The number of allylic oxidation sites excluding steroid dienone is 1. The van der Waals surface area contributed by atoms with Gasteiger partial charge in [-0.1, -0.05) is 5.16 Å². The van der Waals surface area contributed by atoms with Crippen LogP contribution in [0.4, 0.5) is 13.8 Å². The van der Waals surface area contributed by atoms with E-state index in [2.05, 4.69) is 15.5 Å². The topological polar surface area (TPSA) is 85.1 Å². The summed E-state index contributed by atoms with van der Waals surface area (Å²) in [5.74, 6) is -1.65. The third-order valence-electron chi connectivity index (χ3n) is 7.33. The van der Waals surface area contributed by atoms with E-state index in [1.165, 1.54) is 0 Å². The molecule has 32 heavy (non-hydrogen) atoms. The molecule has 0 unspecified atom stereocenters. The molecule has 2 aromatic rings. The third-order valence-corrected chi connectivity index (χ3v) is 8.48. The first-order chi connectivity index (χ1) is 15.4. The number of hydrogen-bond acceptors (Lipinski definition) is 6. The van der Waals surface area contributed by atoms with Crippen molar-refractivity contribution in [2.24, 2.45) is 11.8 Å². The highest BCUT2D eigenvalue weighted by atomic mass is 32.1.